The van der Waals surface area contributed by atoms with Gasteiger partial charge in [0.2, 0.25) is 5.91 Å². The lowest BCUT2D eigenvalue weighted by Gasteiger charge is -2.29. The molecule has 5 rings (SSSR count). The van der Waals surface area contributed by atoms with Gasteiger partial charge in [0, 0.05) is 13.1 Å². The third-order valence-electron chi connectivity index (χ3n) is 6.30. The average Bonchev–Trinajstić information content (AvgIpc) is 3.44. The Kier molecular flexibility index (Phi) is 5.54. The number of ether oxygens (including phenoxy) is 2. The third kappa shape index (κ3) is 4.00. The Morgan fingerprint density at radius 1 is 1.23 bits per heavy atom. The second-order valence-corrected chi connectivity index (χ2v) is 9.29. The smallest absolute Gasteiger partial charge is 0.237 e. The SMILES string of the molecule is CC(c1nc2ccccc2s1)N(C)C(=O)CN1CCCC1c1ccc2c(c1)OCCO2. The van der Waals surface area contributed by atoms with Crippen LogP contribution in [0.25, 0.3) is 10.2 Å². The van der Waals surface area contributed by atoms with Crippen LogP contribution in [0.5, 0.6) is 11.5 Å². The number of carbonyl (C=O) groups excluding carboxylic acids is 1. The fraction of sp³-hybridized carbons (Fsp3) is 0.417. The van der Waals surface area contributed by atoms with E-state index in [1.165, 1.54) is 5.56 Å². The van der Waals surface area contributed by atoms with Gasteiger partial charge in [-0.15, -0.1) is 11.3 Å². The fourth-order valence-electron chi connectivity index (χ4n) is 4.40. The molecule has 1 amide bonds. The number of hydrogen-bond donors (Lipinski definition) is 0. The van der Waals surface area contributed by atoms with Crippen molar-refractivity contribution in [1.29, 1.82) is 0 Å². The predicted octanol–water partition coefficient (Wildman–Crippen LogP) is 4.42. The summed E-state index contributed by atoms with van der Waals surface area (Å²) in [6.45, 7) is 4.56. The van der Waals surface area contributed by atoms with Crippen LogP contribution in [0, 0.1) is 0 Å². The number of aromatic nitrogens is 1. The number of para-hydroxylation sites is 1. The molecule has 7 heteroatoms. The van der Waals surface area contributed by atoms with Gasteiger partial charge < -0.3 is 14.4 Å². The summed E-state index contributed by atoms with van der Waals surface area (Å²) < 4.78 is 12.6. The van der Waals surface area contributed by atoms with Crippen molar-refractivity contribution in [3.05, 3.63) is 53.0 Å². The molecule has 0 saturated carbocycles. The highest BCUT2D eigenvalue weighted by Gasteiger charge is 2.31. The van der Waals surface area contributed by atoms with E-state index >= 15 is 0 Å². The van der Waals surface area contributed by atoms with E-state index in [1.807, 2.05) is 36.2 Å². The molecule has 1 saturated heterocycles. The van der Waals surface area contributed by atoms with Crippen LogP contribution in [0.1, 0.15) is 42.4 Å². The maximum absolute atomic E-state index is 13.2. The molecule has 162 valence electrons. The normalized spacial score (nSPS) is 19.5. The number of thiazole rings is 1. The summed E-state index contributed by atoms with van der Waals surface area (Å²) >= 11 is 1.66. The van der Waals surface area contributed by atoms with Gasteiger partial charge in [0.05, 0.1) is 22.8 Å². The van der Waals surface area contributed by atoms with Gasteiger partial charge in [-0.2, -0.15) is 0 Å². The van der Waals surface area contributed by atoms with Gasteiger partial charge in [-0.25, -0.2) is 4.98 Å². The monoisotopic (exact) mass is 437 g/mol. The Bertz CT molecular complexity index is 1070. The summed E-state index contributed by atoms with van der Waals surface area (Å²) in [5.41, 5.74) is 2.19. The summed E-state index contributed by atoms with van der Waals surface area (Å²) in [7, 11) is 1.88. The van der Waals surface area contributed by atoms with Crippen molar-refractivity contribution in [1.82, 2.24) is 14.8 Å². The molecular formula is C24H27N3O3S. The van der Waals surface area contributed by atoms with E-state index in [1.54, 1.807) is 11.3 Å². The zero-order chi connectivity index (χ0) is 21.4. The molecule has 3 aromatic rings. The summed E-state index contributed by atoms with van der Waals surface area (Å²) in [5, 5.41) is 0.974. The molecule has 1 aromatic heterocycles. The fourth-order valence-corrected chi connectivity index (χ4v) is 5.46. The minimum Gasteiger partial charge on any atom is -0.486 e. The van der Waals surface area contributed by atoms with Gasteiger partial charge in [0.25, 0.3) is 0 Å². The number of amides is 1. The number of carbonyl (C=O) groups is 1. The van der Waals surface area contributed by atoms with E-state index in [9.17, 15) is 4.79 Å². The minimum atomic E-state index is -0.0553. The molecule has 6 nitrogen and oxygen atoms in total. The van der Waals surface area contributed by atoms with Crippen LogP contribution in [-0.2, 0) is 4.79 Å². The van der Waals surface area contributed by atoms with Crippen molar-refractivity contribution >= 4 is 27.5 Å². The van der Waals surface area contributed by atoms with E-state index in [4.69, 9.17) is 14.5 Å². The first kappa shape index (κ1) is 20.3. The molecular weight excluding hydrogens is 410 g/mol. The number of likely N-dealkylation sites (tertiary alicyclic amines) is 1. The Morgan fingerprint density at radius 2 is 2.03 bits per heavy atom. The van der Waals surface area contributed by atoms with Crippen molar-refractivity contribution in [2.45, 2.75) is 31.8 Å². The zero-order valence-corrected chi connectivity index (χ0v) is 18.7. The average molecular weight is 438 g/mol. The molecule has 2 unspecified atom stereocenters. The van der Waals surface area contributed by atoms with E-state index in [-0.39, 0.29) is 18.0 Å². The van der Waals surface area contributed by atoms with E-state index in [0.717, 1.165) is 46.1 Å². The molecule has 0 radical (unpaired) electrons. The van der Waals surface area contributed by atoms with Crippen LogP contribution in [0.3, 0.4) is 0 Å². The summed E-state index contributed by atoms with van der Waals surface area (Å²) in [5.74, 6) is 1.74. The van der Waals surface area contributed by atoms with E-state index in [0.29, 0.717) is 19.8 Å². The van der Waals surface area contributed by atoms with Gasteiger partial charge in [-0.1, -0.05) is 18.2 Å². The standard InChI is InChI=1S/C24H27N3O3S/c1-16(24-25-18-6-3-4-8-22(18)31-24)26(2)23(28)15-27-11-5-7-19(27)17-9-10-20-21(14-17)30-13-12-29-20/h3-4,6,8-10,14,16,19H,5,7,11-13,15H2,1-2H3. The number of hydrogen-bond acceptors (Lipinski definition) is 6. The number of likely N-dealkylation sites (N-methyl/N-ethyl adjacent to an activating group) is 1. The second-order valence-electron chi connectivity index (χ2n) is 8.23. The van der Waals surface area contributed by atoms with Gasteiger partial charge in [-0.05, 0) is 56.1 Å². The lowest BCUT2D eigenvalue weighted by molar-refractivity contribution is -0.133. The predicted molar refractivity (Wildman–Crippen MR) is 122 cm³/mol. The second kappa shape index (κ2) is 8.48. The first-order valence-corrected chi connectivity index (χ1v) is 11.7. The highest BCUT2D eigenvalue weighted by atomic mass is 32.1. The van der Waals surface area contributed by atoms with Gasteiger partial charge in [-0.3, -0.25) is 9.69 Å². The van der Waals surface area contributed by atoms with Crippen molar-refractivity contribution in [3.63, 3.8) is 0 Å². The summed E-state index contributed by atoms with van der Waals surface area (Å²) in [4.78, 5) is 22.0. The maximum Gasteiger partial charge on any atom is 0.237 e. The Balaban J connectivity index is 1.28. The zero-order valence-electron chi connectivity index (χ0n) is 17.9. The molecule has 0 aliphatic carbocycles. The number of nitrogens with zero attached hydrogens (tertiary/aromatic N) is 3. The van der Waals surface area contributed by atoms with Crippen LogP contribution in [0.2, 0.25) is 0 Å². The van der Waals surface area contributed by atoms with Crippen LogP contribution in [-0.4, -0.2) is 54.0 Å². The maximum atomic E-state index is 13.2. The van der Waals surface area contributed by atoms with Gasteiger partial charge in [0.15, 0.2) is 11.5 Å². The highest BCUT2D eigenvalue weighted by Crippen LogP contribution is 2.38. The first-order chi connectivity index (χ1) is 15.1. The van der Waals surface area contributed by atoms with E-state index in [2.05, 4.69) is 30.0 Å². The van der Waals surface area contributed by atoms with E-state index < -0.39 is 0 Å². The van der Waals surface area contributed by atoms with Crippen LogP contribution >= 0.6 is 11.3 Å². The number of fused-ring (bicyclic) bond motifs is 2. The van der Waals surface area contributed by atoms with Crippen molar-refractivity contribution in [3.8, 4) is 11.5 Å². The van der Waals surface area contributed by atoms with Crippen molar-refractivity contribution in [2.24, 2.45) is 0 Å². The van der Waals surface area contributed by atoms with Crippen LogP contribution in [0.15, 0.2) is 42.5 Å². The molecule has 31 heavy (non-hydrogen) atoms. The summed E-state index contributed by atoms with van der Waals surface area (Å²) in [6.07, 6.45) is 2.13. The molecule has 0 spiro atoms. The molecule has 2 atom stereocenters. The number of benzene rings is 2. The molecule has 2 aliphatic heterocycles. The Hall–Kier alpha value is -2.64. The third-order valence-corrected chi connectivity index (χ3v) is 7.50. The molecule has 3 heterocycles. The lowest BCUT2D eigenvalue weighted by atomic mass is 10.0. The largest absolute Gasteiger partial charge is 0.486 e. The molecule has 2 aromatic carbocycles. The molecule has 1 fully saturated rings. The quantitative estimate of drug-likeness (QED) is 0.591. The van der Waals surface area contributed by atoms with Gasteiger partial charge in [0.1, 0.15) is 18.2 Å². The van der Waals surface area contributed by atoms with Crippen molar-refractivity contribution in [2.75, 3.05) is 33.4 Å². The summed E-state index contributed by atoms with van der Waals surface area (Å²) in [6, 6.07) is 14.5. The number of rotatable bonds is 5. The lowest BCUT2D eigenvalue weighted by Crippen LogP contribution is -2.39. The Labute approximate surface area is 186 Å². The molecule has 0 N–H and O–H groups in total. The molecule has 2 aliphatic rings. The van der Waals surface area contributed by atoms with Crippen molar-refractivity contribution < 1.29 is 14.3 Å². The molecule has 0 bridgehead atoms. The van der Waals surface area contributed by atoms with Crippen LogP contribution < -0.4 is 9.47 Å². The highest BCUT2D eigenvalue weighted by molar-refractivity contribution is 7.18. The Morgan fingerprint density at radius 3 is 2.87 bits per heavy atom. The first-order valence-electron chi connectivity index (χ1n) is 10.8. The topological polar surface area (TPSA) is 54.9 Å². The minimum absolute atomic E-state index is 0.0553. The van der Waals surface area contributed by atoms with Gasteiger partial charge >= 0.3 is 0 Å². The van der Waals surface area contributed by atoms with Crippen LogP contribution in [0.4, 0.5) is 0 Å².